The van der Waals surface area contributed by atoms with Gasteiger partial charge in [0.25, 0.3) is 0 Å². The largest absolute Gasteiger partial charge is 0.573 e. The average Bonchev–Trinajstić information content (AvgIpc) is 2.52. The topological polar surface area (TPSA) is 63.7 Å². The van der Waals surface area contributed by atoms with Gasteiger partial charge in [-0.25, -0.2) is 13.8 Å². The van der Waals surface area contributed by atoms with Crippen molar-refractivity contribution in [3.05, 3.63) is 59.9 Å². The van der Waals surface area contributed by atoms with Gasteiger partial charge >= 0.3 is 6.36 Å². The first-order valence-corrected chi connectivity index (χ1v) is 7.22. The average molecular weight is 370 g/mol. The smallest absolute Gasteiger partial charge is 0.406 e. The van der Waals surface area contributed by atoms with Crippen LogP contribution in [0.15, 0.2) is 47.8 Å². The zero-order chi connectivity index (χ0) is 18.9. The van der Waals surface area contributed by atoms with Gasteiger partial charge in [0.1, 0.15) is 23.2 Å². The zero-order valence-corrected chi connectivity index (χ0v) is 13.0. The molecular weight excluding hydrogens is 359 g/mol. The molecule has 0 saturated carbocycles. The van der Waals surface area contributed by atoms with Gasteiger partial charge in [-0.1, -0.05) is 6.08 Å². The fraction of sp³-hybridized carbons (Fsp3) is 0.125. The highest BCUT2D eigenvalue weighted by molar-refractivity contribution is 5.92. The number of hydrogen-bond donors (Lipinski definition) is 1. The van der Waals surface area contributed by atoms with Gasteiger partial charge < -0.3 is 10.5 Å². The third-order valence-corrected chi connectivity index (χ3v) is 3.30. The molecule has 1 aromatic heterocycles. The van der Waals surface area contributed by atoms with Crippen molar-refractivity contribution in [2.24, 2.45) is 10.8 Å². The summed E-state index contributed by atoms with van der Waals surface area (Å²) in [5, 5.41) is 5.22. The number of rotatable bonds is 3. The Kier molecular flexibility index (Phi) is 4.49. The van der Waals surface area contributed by atoms with Gasteiger partial charge in [-0.2, -0.15) is 5.10 Å². The number of aromatic nitrogens is 1. The molecule has 0 saturated heterocycles. The quantitative estimate of drug-likeness (QED) is 0.836. The number of amidine groups is 1. The van der Waals surface area contributed by atoms with Crippen molar-refractivity contribution in [3.63, 3.8) is 0 Å². The maximum absolute atomic E-state index is 13.8. The van der Waals surface area contributed by atoms with E-state index in [2.05, 4.69) is 14.8 Å². The van der Waals surface area contributed by atoms with Crippen molar-refractivity contribution < 1.29 is 26.7 Å². The Morgan fingerprint density at radius 3 is 2.50 bits per heavy atom. The first-order valence-electron chi connectivity index (χ1n) is 7.22. The van der Waals surface area contributed by atoms with E-state index in [1.54, 1.807) is 0 Å². The van der Waals surface area contributed by atoms with Crippen molar-refractivity contribution in [2.75, 3.05) is 5.01 Å². The molecule has 0 radical (unpaired) electrons. The summed E-state index contributed by atoms with van der Waals surface area (Å²) < 4.78 is 68.3. The Bertz CT molecular complexity index is 894. The molecule has 1 aliphatic heterocycles. The second kappa shape index (κ2) is 6.62. The lowest BCUT2D eigenvalue weighted by molar-refractivity contribution is -0.274. The minimum atomic E-state index is -4.97. The molecule has 2 N–H and O–H groups in total. The van der Waals surface area contributed by atoms with Crippen LogP contribution in [-0.2, 0) is 0 Å². The monoisotopic (exact) mass is 370 g/mol. The highest BCUT2D eigenvalue weighted by Gasteiger charge is 2.32. The molecule has 1 aromatic carbocycles. The summed E-state index contributed by atoms with van der Waals surface area (Å²) in [6, 6.07) is 3.71. The first-order chi connectivity index (χ1) is 12.2. The van der Waals surface area contributed by atoms with Crippen LogP contribution >= 0.6 is 0 Å². The summed E-state index contributed by atoms with van der Waals surface area (Å²) in [5.41, 5.74) is 6.11. The number of alkyl halides is 3. The second-order valence-corrected chi connectivity index (χ2v) is 5.28. The third-order valence-electron chi connectivity index (χ3n) is 3.30. The van der Waals surface area contributed by atoms with Gasteiger partial charge in [0, 0.05) is 24.1 Å². The Morgan fingerprint density at radius 2 is 1.81 bits per heavy atom. The number of nitrogens with two attached hydrogens (primary N) is 1. The van der Waals surface area contributed by atoms with Gasteiger partial charge in [-0.05, 0) is 12.1 Å². The Morgan fingerprint density at radius 1 is 1.04 bits per heavy atom. The predicted molar refractivity (Wildman–Crippen MR) is 84.0 cm³/mol. The number of pyridine rings is 1. The van der Waals surface area contributed by atoms with E-state index in [9.17, 15) is 22.0 Å². The van der Waals surface area contributed by atoms with Crippen LogP contribution in [-0.4, -0.2) is 17.2 Å². The Labute approximate surface area is 144 Å². The molecule has 0 unspecified atom stereocenters. The molecule has 10 heteroatoms. The molecule has 0 fully saturated rings. The lowest BCUT2D eigenvalue weighted by atomic mass is 10.1. The van der Waals surface area contributed by atoms with E-state index in [1.165, 1.54) is 17.3 Å². The molecule has 136 valence electrons. The normalized spacial score (nSPS) is 14.7. The van der Waals surface area contributed by atoms with Crippen LogP contribution in [0.3, 0.4) is 0 Å². The van der Waals surface area contributed by atoms with Gasteiger partial charge in [-0.3, -0.25) is 4.98 Å². The van der Waals surface area contributed by atoms with Gasteiger partial charge in [0.15, 0.2) is 0 Å². The fourth-order valence-corrected chi connectivity index (χ4v) is 2.37. The van der Waals surface area contributed by atoms with E-state index in [0.717, 1.165) is 24.4 Å². The number of benzene rings is 1. The van der Waals surface area contributed by atoms with Crippen molar-refractivity contribution in [3.8, 4) is 5.75 Å². The van der Waals surface area contributed by atoms with Crippen LogP contribution in [0.1, 0.15) is 12.0 Å². The van der Waals surface area contributed by atoms with Gasteiger partial charge in [-0.15, -0.1) is 13.2 Å². The zero-order valence-electron chi connectivity index (χ0n) is 13.0. The van der Waals surface area contributed by atoms with E-state index < -0.39 is 23.7 Å². The SMILES string of the molecule is NC1=NN(c2cncc(F)c2)C(c2cc(F)cc(OC(F)(F)F)c2)=CC1. The van der Waals surface area contributed by atoms with E-state index in [4.69, 9.17) is 5.73 Å². The Balaban J connectivity index is 2.04. The molecule has 0 atom stereocenters. The highest BCUT2D eigenvalue weighted by atomic mass is 19.4. The van der Waals surface area contributed by atoms with E-state index in [1.807, 2.05) is 0 Å². The summed E-state index contributed by atoms with van der Waals surface area (Å²) in [7, 11) is 0. The minimum absolute atomic E-state index is 0.0461. The summed E-state index contributed by atoms with van der Waals surface area (Å²) >= 11 is 0. The number of halogens is 5. The number of hydrogen-bond acceptors (Lipinski definition) is 5. The van der Waals surface area contributed by atoms with Crippen molar-refractivity contribution in [1.29, 1.82) is 0 Å². The molecule has 0 amide bonds. The van der Waals surface area contributed by atoms with Crippen LogP contribution < -0.4 is 15.5 Å². The van der Waals surface area contributed by atoms with Crippen molar-refractivity contribution in [1.82, 2.24) is 4.98 Å². The molecule has 1 aliphatic rings. The van der Waals surface area contributed by atoms with Crippen LogP contribution in [0.4, 0.5) is 27.6 Å². The molecule has 0 spiro atoms. The van der Waals surface area contributed by atoms with E-state index in [0.29, 0.717) is 6.07 Å². The van der Waals surface area contributed by atoms with Crippen LogP contribution in [0, 0.1) is 11.6 Å². The molecule has 5 nitrogen and oxygen atoms in total. The fourth-order valence-electron chi connectivity index (χ4n) is 2.37. The maximum atomic E-state index is 13.8. The number of ether oxygens (including phenoxy) is 1. The standard InChI is InChI=1S/C16H11F5N4O/c17-10-3-9(4-13(6-10)26-16(19,20)21)14-1-2-15(22)24-25(14)12-5-11(18)7-23-8-12/h1,3-8H,2H2,(H2,22,24). The number of nitrogens with zero attached hydrogens (tertiary/aromatic N) is 3. The first kappa shape index (κ1) is 17.6. The number of hydrazone groups is 1. The molecule has 2 heterocycles. The van der Waals surface area contributed by atoms with Crippen LogP contribution in [0.2, 0.25) is 0 Å². The summed E-state index contributed by atoms with van der Waals surface area (Å²) in [4.78, 5) is 3.69. The summed E-state index contributed by atoms with van der Waals surface area (Å²) in [6.45, 7) is 0. The predicted octanol–water partition coefficient (Wildman–Crippen LogP) is 3.78. The molecule has 0 bridgehead atoms. The third kappa shape index (κ3) is 4.08. The lowest BCUT2D eigenvalue weighted by Crippen LogP contribution is -2.26. The van der Waals surface area contributed by atoms with Gasteiger partial charge in [0.2, 0.25) is 0 Å². The minimum Gasteiger partial charge on any atom is -0.406 e. The molecular formula is C16H11F5N4O. The Hall–Kier alpha value is -3.17. The van der Waals surface area contributed by atoms with E-state index in [-0.39, 0.29) is 29.2 Å². The highest BCUT2D eigenvalue weighted by Crippen LogP contribution is 2.33. The van der Waals surface area contributed by atoms with Crippen molar-refractivity contribution in [2.45, 2.75) is 12.8 Å². The lowest BCUT2D eigenvalue weighted by Gasteiger charge is -2.26. The molecule has 3 rings (SSSR count). The van der Waals surface area contributed by atoms with E-state index >= 15 is 0 Å². The molecule has 0 aliphatic carbocycles. The van der Waals surface area contributed by atoms with Crippen molar-refractivity contribution >= 4 is 17.2 Å². The van der Waals surface area contributed by atoms with Crippen LogP contribution in [0.25, 0.3) is 5.70 Å². The van der Waals surface area contributed by atoms with Gasteiger partial charge in [0.05, 0.1) is 23.8 Å². The molecule has 2 aromatic rings. The summed E-state index contributed by atoms with van der Waals surface area (Å²) in [5.74, 6) is -2.14. The number of anilines is 1. The molecule has 26 heavy (non-hydrogen) atoms. The summed E-state index contributed by atoms with van der Waals surface area (Å²) in [6.07, 6.45) is -1.01. The van der Waals surface area contributed by atoms with Crippen LogP contribution in [0.5, 0.6) is 5.75 Å². The maximum Gasteiger partial charge on any atom is 0.573 e. The second-order valence-electron chi connectivity index (χ2n) is 5.28.